The minimum absolute atomic E-state index is 0.0676. The Hall–Kier alpha value is -3.34. The number of benzene rings is 2. The van der Waals surface area contributed by atoms with Gasteiger partial charge < -0.3 is 4.98 Å². The van der Waals surface area contributed by atoms with Gasteiger partial charge in [0.05, 0.1) is 28.1 Å². The third-order valence-electron chi connectivity index (χ3n) is 3.51. The van der Waals surface area contributed by atoms with Crippen LogP contribution in [0.5, 0.6) is 0 Å². The van der Waals surface area contributed by atoms with Crippen LogP contribution in [0.3, 0.4) is 0 Å². The summed E-state index contributed by atoms with van der Waals surface area (Å²) in [6.45, 7) is 0. The smallest absolute Gasteiger partial charge is 0.307 e. The van der Waals surface area contributed by atoms with Gasteiger partial charge in [-0.25, -0.2) is 4.79 Å². The molecule has 0 atom stereocenters. The summed E-state index contributed by atoms with van der Waals surface area (Å²) in [6.07, 6.45) is -4.68. The van der Waals surface area contributed by atoms with Crippen LogP contribution in [0.1, 0.15) is 11.1 Å². The fourth-order valence-corrected chi connectivity index (χ4v) is 2.41. The van der Waals surface area contributed by atoms with Crippen molar-refractivity contribution >= 4 is 10.9 Å². The Morgan fingerprint density at radius 2 is 1.67 bits per heavy atom. The van der Waals surface area contributed by atoms with Gasteiger partial charge in [-0.2, -0.15) is 18.4 Å². The van der Waals surface area contributed by atoms with E-state index in [-0.39, 0.29) is 22.0 Å². The molecule has 120 valence electrons. The molecule has 5 nitrogen and oxygen atoms in total. The first-order chi connectivity index (χ1) is 11.3. The predicted octanol–water partition coefficient (Wildman–Crippen LogP) is 2.77. The van der Waals surface area contributed by atoms with Crippen LogP contribution in [0.25, 0.3) is 22.0 Å². The zero-order chi connectivity index (χ0) is 17.5. The normalized spacial score (nSPS) is 11.4. The molecule has 0 aliphatic heterocycles. The Labute approximate surface area is 132 Å². The summed E-state index contributed by atoms with van der Waals surface area (Å²) in [5, 5.41) is 8.71. The predicted molar refractivity (Wildman–Crippen MR) is 80.3 cm³/mol. The molecule has 0 unspecified atom stereocenters. The summed E-state index contributed by atoms with van der Waals surface area (Å²) in [5.74, 6) is 0. The minimum Gasteiger partial charge on any atom is -0.307 e. The highest BCUT2D eigenvalue weighted by atomic mass is 19.4. The maximum Gasteiger partial charge on any atom is 0.417 e. The number of nitrogens with zero attached hydrogens (tertiary/aromatic N) is 1. The number of hydrogen-bond donors (Lipinski definition) is 2. The maximum absolute atomic E-state index is 13.4. The van der Waals surface area contributed by atoms with Crippen LogP contribution in [-0.4, -0.2) is 9.97 Å². The quantitative estimate of drug-likeness (QED) is 0.718. The molecular weight excluding hydrogens is 323 g/mol. The molecule has 0 aliphatic rings. The Kier molecular flexibility index (Phi) is 3.49. The van der Waals surface area contributed by atoms with E-state index in [1.807, 2.05) is 11.1 Å². The molecule has 3 rings (SSSR count). The fourth-order valence-electron chi connectivity index (χ4n) is 2.41. The first-order valence-corrected chi connectivity index (χ1v) is 6.67. The largest absolute Gasteiger partial charge is 0.417 e. The lowest BCUT2D eigenvalue weighted by Gasteiger charge is -2.14. The summed E-state index contributed by atoms with van der Waals surface area (Å²) in [6, 6.07) is 9.20. The first kappa shape index (κ1) is 15.6. The van der Waals surface area contributed by atoms with Gasteiger partial charge >= 0.3 is 11.9 Å². The molecule has 2 N–H and O–H groups in total. The molecule has 0 fully saturated rings. The topological polar surface area (TPSA) is 89.5 Å². The first-order valence-electron chi connectivity index (χ1n) is 6.67. The lowest BCUT2D eigenvalue weighted by Crippen LogP contribution is -2.22. The molecule has 0 bridgehead atoms. The van der Waals surface area contributed by atoms with Crippen molar-refractivity contribution in [2.75, 3.05) is 0 Å². The van der Waals surface area contributed by atoms with Crippen molar-refractivity contribution in [2.45, 2.75) is 6.18 Å². The van der Waals surface area contributed by atoms with Crippen molar-refractivity contribution in [3.8, 4) is 17.2 Å². The molecule has 8 heteroatoms. The number of aromatic nitrogens is 2. The van der Waals surface area contributed by atoms with E-state index in [0.717, 1.165) is 12.1 Å². The highest BCUT2D eigenvalue weighted by molar-refractivity contribution is 5.86. The van der Waals surface area contributed by atoms with E-state index in [1.165, 1.54) is 24.3 Å². The number of H-pyrrole nitrogens is 2. The Bertz CT molecular complexity index is 1090. The number of fused-ring (bicyclic) bond motifs is 1. The lowest BCUT2D eigenvalue weighted by molar-refractivity contribution is -0.137. The number of hydrogen-bond acceptors (Lipinski definition) is 3. The second kappa shape index (κ2) is 5.38. The molecule has 2 aromatic carbocycles. The van der Waals surface area contributed by atoms with Gasteiger partial charge in [-0.15, -0.1) is 0 Å². The van der Waals surface area contributed by atoms with Crippen molar-refractivity contribution in [3.63, 3.8) is 0 Å². The number of halogens is 3. The highest BCUT2D eigenvalue weighted by Gasteiger charge is 2.34. The van der Waals surface area contributed by atoms with E-state index in [2.05, 4.69) is 4.98 Å². The Morgan fingerprint density at radius 3 is 2.25 bits per heavy atom. The molecule has 1 heterocycles. The Balaban J connectivity index is 2.38. The standard InChI is InChI=1S/C16H8F3N3O2/c17-16(18,19)12-6-13-11(14(23)22-15(24)21-13)5-10(12)9-3-1-8(7-20)2-4-9/h1-6H,(H2,21,22,23,24). The van der Waals surface area contributed by atoms with Crippen molar-refractivity contribution in [1.82, 2.24) is 9.97 Å². The number of aromatic amines is 2. The van der Waals surface area contributed by atoms with Gasteiger partial charge in [0.2, 0.25) is 0 Å². The number of alkyl halides is 3. The molecule has 24 heavy (non-hydrogen) atoms. The second-order valence-electron chi connectivity index (χ2n) is 5.04. The zero-order valence-corrected chi connectivity index (χ0v) is 11.9. The highest BCUT2D eigenvalue weighted by Crippen LogP contribution is 2.38. The van der Waals surface area contributed by atoms with Crippen molar-refractivity contribution in [3.05, 3.63) is 68.4 Å². The van der Waals surface area contributed by atoms with Crippen LogP contribution in [-0.2, 0) is 6.18 Å². The van der Waals surface area contributed by atoms with Crippen LogP contribution in [0.4, 0.5) is 13.2 Å². The van der Waals surface area contributed by atoms with E-state index >= 15 is 0 Å². The van der Waals surface area contributed by atoms with Gasteiger partial charge in [0.25, 0.3) is 5.56 Å². The Morgan fingerprint density at radius 1 is 1.00 bits per heavy atom. The maximum atomic E-state index is 13.4. The summed E-state index contributed by atoms with van der Waals surface area (Å²) in [7, 11) is 0. The van der Waals surface area contributed by atoms with Crippen LogP contribution in [0.2, 0.25) is 0 Å². The van der Waals surface area contributed by atoms with E-state index in [4.69, 9.17) is 5.26 Å². The molecule has 0 aliphatic carbocycles. The van der Waals surface area contributed by atoms with Crippen molar-refractivity contribution in [1.29, 1.82) is 5.26 Å². The van der Waals surface area contributed by atoms with E-state index in [9.17, 15) is 22.8 Å². The van der Waals surface area contributed by atoms with Gasteiger partial charge in [0, 0.05) is 0 Å². The molecule has 0 saturated carbocycles. The van der Waals surface area contributed by atoms with E-state index in [1.54, 1.807) is 0 Å². The van der Waals surface area contributed by atoms with Crippen LogP contribution in [0.15, 0.2) is 46.0 Å². The van der Waals surface area contributed by atoms with Gasteiger partial charge in [-0.1, -0.05) is 12.1 Å². The third kappa shape index (κ3) is 2.67. The summed E-state index contributed by atoms with van der Waals surface area (Å²) in [5.41, 5.74) is -2.56. The number of rotatable bonds is 1. The lowest BCUT2D eigenvalue weighted by atomic mass is 9.96. The third-order valence-corrected chi connectivity index (χ3v) is 3.51. The van der Waals surface area contributed by atoms with Crippen molar-refractivity contribution < 1.29 is 13.2 Å². The second-order valence-corrected chi connectivity index (χ2v) is 5.04. The van der Waals surface area contributed by atoms with Gasteiger partial charge in [-0.3, -0.25) is 9.78 Å². The summed E-state index contributed by atoms with van der Waals surface area (Å²) in [4.78, 5) is 27.3. The molecule has 0 saturated heterocycles. The number of nitriles is 1. The molecule has 1 aromatic heterocycles. The van der Waals surface area contributed by atoms with Crippen LogP contribution in [0, 0.1) is 11.3 Å². The molecule has 0 spiro atoms. The average Bonchev–Trinajstić information content (AvgIpc) is 2.53. The summed E-state index contributed by atoms with van der Waals surface area (Å²) >= 11 is 0. The zero-order valence-electron chi connectivity index (χ0n) is 11.9. The number of nitrogens with one attached hydrogen (secondary N) is 2. The van der Waals surface area contributed by atoms with Gasteiger partial charge in [0.1, 0.15) is 0 Å². The van der Waals surface area contributed by atoms with Crippen LogP contribution >= 0.6 is 0 Å². The van der Waals surface area contributed by atoms with Gasteiger partial charge in [-0.05, 0) is 35.4 Å². The minimum atomic E-state index is -4.68. The average molecular weight is 331 g/mol. The SMILES string of the molecule is N#Cc1ccc(-c2cc3c(=O)[nH]c(=O)[nH]c3cc2C(F)(F)F)cc1. The molecular formula is C16H8F3N3O2. The molecule has 0 amide bonds. The van der Waals surface area contributed by atoms with Crippen molar-refractivity contribution in [2.24, 2.45) is 0 Å². The summed E-state index contributed by atoms with van der Waals surface area (Å²) < 4.78 is 40.1. The monoisotopic (exact) mass is 331 g/mol. The molecule has 0 radical (unpaired) electrons. The molecule has 3 aromatic rings. The van der Waals surface area contributed by atoms with E-state index in [0.29, 0.717) is 5.56 Å². The fraction of sp³-hybridized carbons (Fsp3) is 0.0625. The van der Waals surface area contributed by atoms with E-state index < -0.39 is 23.0 Å². The van der Waals surface area contributed by atoms with Crippen LogP contribution < -0.4 is 11.2 Å². The van der Waals surface area contributed by atoms with Gasteiger partial charge in [0.15, 0.2) is 0 Å².